The Balaban J connectivity index is 2.60. The number of hydrogen-bond acceptors (Lipinski definition) is 6. The fraction of sp³-hybridized carbons (Fsp3) is 0.400. The Morgan fingerprint density at radius 2 is 2.04 bits per heavy atom. The van der Waals surface area contributed by atoms with Crippen molar-refractivity contribution in [3.63, 3.8) is 0 Å². The zero-order valence-electron chi connectivity index (χ0n) is 13.8. The highest BCUT2D eigenvalue weighted by Crippen LogP contribution is 2.18. The Morgan fingerprint density at radius 1 is 1.36 bits per heavy atom. The number of carbonyl (C=O) groups is 3. The van der Waals surface area contributed by atoms with Gasteiger partial charge in [0, 0.05) is 37.3 Å². The fourth-order valence-electron chi connectivity index (χ4n) is 2.00. The van der Waals surface area contributed by atoms with Crippen LogP contribution in [0.1, 0.15) is 22.3 Å². The van der Waals surface area contributed by atoms with Gasteiger partial charge < -0.3 is 20.5 Å². The van der Waals surface area contributed by atoms with Crippen LogP contribution in [-0.4, -0.2) is 54.1 Å². The van der Waals surface area contributed by atoms with Gasteiger partial charge in [-0.15, -0.1) is 0 Å². The monoisotopic (exact) mass is 353 g/mol. The molecule has 1 aromatic carbocycles. The van der Waals surface area contributed by atoms with Gasteiger partial charge in [-0.1, -0.05) is 0 Å². The molecule has 0 saturated heterocycles. The molecule has 0 saturated carbocycles. The number of methoxy groups -OCH3 is 1. The average Bonchev–Trinajstić information content (AvgIpc) is 2.55. The molecule has 1 rings (SSSR count). The molecular weight excluding hydrogens is 334 g/mol. The maximum atomic E-state index is 12.0. The highest BCUT2D eigenvalue weighted by molar-refractivity contribution is 5.97. The van der Waals surface area contributed by atoms with Gasteiger partial charge in [-0.05, 0) is 19.1 Å². The molecular formula is C15H19N3O7. The Hall–Kier alpha value is -3.01. The molecule has 10 heteroatoms. The van der Waals surface area contributed by atoms with Gasteiger partial charge in [0.2, 0.25) is 5.91 Å². The van der Waals surface area contributed by atoms with Crippen LogP contribution in [0.4, 0.5) is 5.69 Å². The maximum absolute atomic E-state index is 12.0. The molecule has 1 unspecified atom stereocenters. The number of aliphatic carboxylic acids is 1. The Bertz CT molecular complexity index is 675. The standard InChI is InChI=1S/C15H19N3O7/c1-9-7-10(3-4-12(9)18(23)24)14(20)16-8-13(19)17-11(15(21)22)5-6-25-2/h3-4,7,11H,5-6,8H2,1-2H3,(H,16,20)(H,17,19)(H,21,22). The number of amides is 2. The minimum Gasteiger partial charge on any atom is -0.480 e. The molecule has 136 valence electrons. The largest absolute Gasteiger partial charge is 0.480 e. The van der Waals surface area contributed by atoms with Crippen molar-refractivity contribution in [3.8, 4) is 0 Å². The smallest absolute Gasteiger partial charge is 0.326 e. The number of carboxylic acids is 1. The molecule has 10 nitrogen and oxygen atoms in total. The number of nitrogens with one attached hydrogen (secondary N) is 2. The molecule has 0 aliphatic rings. The van der Waals surface area contributed by atoms with E-state index in [1.807, 2.05) is 0 Å². The van der Waals surface area contributed by atoms with E-state index >= 15 is 0 Å². The van der Waals surface area contributed by atoms with Gasteiger partial charge in [-0.3, -0.25) is 19.7 Å². The van der Waals surface area contributed by atoms with Gasteiger partial charge in [0.15, 0.2) is 0 Å². The van der Waals surface area contributed by atoms with E-state index in [1.165, 1.54) is 32.2 Å². The van der Waals surface area contributed by atoms with Crippen molar-refractivity contribution in [2.45, 2.75) is 19.4 Å². The van der Waals surface area contributed by atoms with Gasteiger partial charge >= 0.3 is 5.97 Å². The number of carbonyl (C=O) groups excluding carboxylic acids is 2. The first-order valence-electron chi connectivity index (χ1n) is 7.30. The van der Waals surface area contributed by atoms with Crippen molar-refractivity contribution in [1.29, 1.82) is 0 Å². The summed E-state index contributed by atoms with van der Waals surface area (Å²) in [5, 5.41) is 24.3. The highest BCUT2D eigenvalue weighted by atomic mass is 16.6. The van der Waals surface area contributed by atoms with Crippen LogP contribution in [0, 0.1) is 17.0 Å². The molecule has 25 heavy (non-hydrogen) atoms. The number of benzene rings is 1. The Kier molecular flexibility index (Phi) is 7.47. The number of rotatable bonds is 9. The van der Waals surface area contributed by atoms with Crippen LogP contribution >= 0.6 is 0 Å². The number of nitro benzene ring substituents is 1. The van der Waals surface area contributed by atoms with Crippen LogP contribution in [0.25, 0.3) is 0 Å². The van der Waals surface area contributed by atoms with Crippen LogP contribution in [0.3, 0.4) is 0 Å². The zero-order chi connectivity index (χ0) is 19.0. The molecule has 0 spiro atoms. The number of aryl methyl sites for hydroxylation is 1. The van der Waals surface area contributed by atoms with E-state index in [9.17, 15) is 24.5 Å². The molecule has 0 fully saturated rings. The second-order valence-electron chi connectivity index (χ2n) is 5.18. The highest BCUT2D eigenvalue weighted by Gasteiger charge is 2.20. The van der Waals surface area contributed by atoms with E-state index in [0.29, 0.717) is 5.56 Å². The van der Waals surface area contributed by atoms with Crippen LogP contribution in [-0.2, 0) is 14.3 Å². The van der Waals surface area contributed by atoms with Crippen LogP contribution in [0.5, 0.6) is 0 Å². The summed E-state index contributed by atoms with van der Waals surface area (Å²) in [6, 6.07) is 2.70. The molecule has 3 N–H and O–H groups in total. The molecule has 0 aliphatic carbocycles. The second-order valence-corrected chi connectivity index (χ2v) is 5.18. The van der Waals surface area contributed by atoms with E-state index in [1.54, 1.807) is 0 Å². The van der Waals surface area contributed by atoms with Gasteiger partial charge in [0.05, 0.1) is 11.5 Å². The lowest BCUT2D eigenvalue weighted by molar-refractivity contribution is -0.385. The number of nitrogens with zero attached hydrogens (tertiary/aromatic N) is 1. The third kappa shape index (κ3) is 6.18. The minimum absolute atomic E-state index is 0.0903. The summed E-state index contributed by atoms with van der Waals surface area (Å²) in [5.74, 6) is -2.48. The maximum Gasteiger partial charge on any atom is 0.326 e. The SMILES string of the molecule is COCCC(NC(=O)CNC(=O)c1ccc([N+](=O)[O-])c(C)c1)C(=O)O. The molecule has 0 bridgehead atoms. The predicted molar refractivity (Wildman–Crippen MR) is 86.2 cm³/mol. The van der Waals surface area contributed by atoms with Gasteiger partial charge in [-0.2, -0.15) is 0 Å². The molecule has 0 radical (unpaired) electrons. The molecule has 0 aromatic heterocycles. The summed E-state index contributed by atoms with van der Waals surface area (Å²) >= 11 is 0. The lowest BCUT2D eigenvalue weighted by atomic mass is 10.1. The minimum atomic E-state index is -1.21. The summed E-state index contributed by atoms with van der Waals surface area (Å²) in [5.41, 5.74) is 0.356. The summed E-state index contributed by atoms with van der Waals surface area (Å²) in [6.45, 7) is 1.23. The van der Waals surface area contributed by atoms with Crippen molar-refractivity contribution >= 4 is 23.5 Å². The number of nitro groups is 1. The van der Waals surface area contributed by atoms with Crippen LogP contribution in [0.15, 0.2) is 18.2 Å². The second kappa shape index (κ2) is 9.33. The van der Waals surface area contributed by atoms with E-state index in [2.05, 4.69) is 10.6 Å². The van der Waals surface area contributed by atoms with Crippen molar-refractivity contribution in [1.82, 2.24) is 10.6 Å². The van der Waals surface area contributed by atoms with E-state index in [4.69, 9.17) is 9.84 Å². The van der Waals surface area contributed by atoms with Gasteiger partial charge in [0.25, 0.3) is 11.6 Å². The topological polar surface area (TPSA) is 148 Å². The molecule has 1 aromatic rings. The first kappa shape index (κ1) is 20.0. The number of ether oxygens (including phenoxy) is 1. The Morgan fingerprint density at radius 3 is 2.56 bits per heavy atom. The summed E-state index contributed by atoms with van der Waals surface area (Å²) in [4.78, 5) is 44.9. The molecule has 1 atom stereocenters. The average molecular weight is 353 g/mol. The van der Waals surface area contributed by atoms with E-state index < -0.39 is 35.3 Å². The number of carboxylic acid groups (broad SMARTS) is 1. The first-order chi connectivity index (χ1) is 11.8. The van der Waals surface area contributed by atoms with Gasteiger partial charge in [-0.25, -0.2) is 4.79 Å². The molecule has 2 amide bonds. The van der Waals surface area contributed by atoms with Gasteiger partial charge in [0.1, 0.15) is 6.04 Å². The fourth-order valence-corrected chi connectivity index (χ4v) is 2.00. The lowest BCUT2D eigenvalue weighted by Gasteiger charge is -2.14. The first-order valence-corrected chi connectivity index (χ1v) is 7.30. The number of hydrogen-bond donors (Lipinski definition) is 3. The molecule has 0 heterocycles. The summed E-state index contributed by atoms with van der Waals surface area (Å²) in [6.07, 6.45) is 0.0903. The normalized spacial score (nSPS) is 11.4. The van der Waals surface area contributed by atoms with Crippen molar-refractivity contribution in [2.75, 3.05) is 20.3 Å². The van der Waals surface area contributed by atoms with E-state index in [0.717, 1.165) is 0 Å². The van der Waals surface area contributed by atoms with Crippen LogP contribution < -0.4 is 10.6 Å². The summed E-state index contributed by atoms with van der Waals surface area (Å²) < 4.78 is 4.77. The van der Waals surface area contributed by atoms with Crippen molar-refractivity contribution in [3.05, 3.63) is 39.4 Å². The van der Waals surface area contributed by atoms with E-state index in [-0.39, 0.29) is 24.3 Å². The van der Waals surface area contributed by atoms with Crippen LogP contribution in [0.2, 0.25) is 0 Å². The Labute approximate surface area is 143 Å². The zero-order valence-corrected chi connectivity index (χ0v) is 13.8. The predicted octanol–water partition coefficient (Wildman–Crippen LogP) is 0.239. The quantitative estimate of drug-likeness (QED) is 0.425. The third-order valence-electron chi connectivity index (χ3n) is 3.31. The summed E-state index contributed by atoms with van der Waals surface area (Å²) in [7, 11) is 1.41. The van der Waals surface area contributed by atoms with Crippen molar-refractivity contribution in [2.24, 2.45) is 0 Å². The molecule has 0 aliphatic heterocycles. The lowest BCUT2D eigenvalue weighted by Crippen LogP contribution is -2.46. The van der Waals surface area contributed by atoms with Crippen molar-refractivity contribution < 1.29 is 29.2 Å². The third-order valence-corrected chi connectivity index (χ3v) is 3.31.